The average Bonchev–Trinajstić information content (AvgIpc) is 2.98. The van der Waals surface area contributed by atoms with Crippen molar-refractivity contribution in [3.8, 4) is 0 Å². The molecule has 2 atom stereocenters. The lowest BCUT2D eigenvalue weighted by atomic mass is 9.91. The normalized spacial score (nSPS) is 27.4. The van der Waals surface area contributed by atoms with E-state index in [4.69, 9.17) is 11.6 Å². The van der Waals surface area contributed by atoms with Crippen LogP contribution in [0.1, 0.15) is 12.1 Å². The van der Waals surface area contributed by atoms with Gasteiger partial charge in [-0.15, -0.1) is 5.10 Å². The van der Waals surface area contributed by atoms with Crippen LogP contribution < -0.4 is 4.90 Å². The van der Waals surface area contributed by atoms with Crippen molar-refractivity contribution in [3.05, 3.63) is 35.2 Å². The van der Waals surface area contributed by atoms with Crippen molar-refractivity contribution in [3.63, 3.8) is 0 Å². The van der Waals surface area contributed by atoms with Crippen LogP contribution >= 0.6 is 11.6 Å². The van der Waals surface area contributed by atoms with E-state index in [0.717, 1.165) is 31.0 Å². The Morgan fingerprint density at radius 1 is 1.30 bits per heavy atom. The van der Waals surface area contributed by atoms with Crippen LogP contribution in [0.25, 0.3) is 0 Å². The highest BCUT2D eigenvalue weighted by atomic mass is 35.5. The second-order valence-corrected chi connectivity index (χ2v) is 10.2. The summed E-state index contributed by atoms with van der Waals surface area (Å²) in [4.78, 5) is 14.5. The molecule has 4 heterocycles. The topological polar surface area (TPSA) is 93.3 Å². The maximum atomic E-state index is 13.2. The molecule has 2 fully saturated rings. The summed E-state index contributed by atoms with van der Waals surface area (Å²) in [5.41, 5.74) is 0.884. The van der Waals surface area contributed by atoms with Gasteiger partial charge in [0.15, 0.2) is 5.82 Å². The second-order valence-electron chi connectivity index (χ2n) is 7.35. The first-order chi connectivity index (χ1) is 12.9. The molecular weight excluding hydrogens is 388 g/mol. The van der Waals surface area contributed by atoms with Gasteiger partial charge in [0, 0.05) is 30.8 Å². The van der Waals surface area contributed by atoms with Gasteiger partial charge in [-0.1, -0.05) is 11.6 Å². The van der Waals surface area contributed by atoms with Gasteiger partial charge < -0.3 is 4.90 Å². The predicted molar refractivity (Wildman–Crippen MR) is 103 cm³/mol. The molecule has 4 rings (SSSR count). The molecule has 0 saturated carbocycles. The second kappa shape index (κ2) is 7.20. The average molecular weight is 409 g/mol. The van der Waals surface area contributed by atoms with Crippen molar-refractivity contribution in [2.75, 3.05) is 29.5 Å². The lowest BCUT2D eigenvalue weighted by Crippen LogP contribution is -2.49. The number of aromatic nitrogens is 4. The van der Waals surface area contributed by atoms with Gasteiger partial charge in [-0.05, 0) is 37.3 Å². The number of amides is 1. The first kappa shape index (κ1) is 18.4. The van der Waals surface area contributed by atoms with Gasteiger partial charge in [-0.25, -0.2) is 4.21 Å². The molecule has 2 saturated heterocycles. The largest absolute Gasteiger partial charge is 0.355 e. The summed E-state index contributed by atoms with van der Waals surface area (Å²) in [7, 11) is -2.54. The number of nitrogens with zero attached hydrogens (tertiary/aromatic N) is 6. The third kappa shape index (κ3) is 4.30. The van der Waals surface area contributed by atoms with E-state index < -0.39 is 15.6 Å². The first-order valence-corrected chi connectivity index (χ1v) is 11.1. The zero-order valence-corrected chi connectivity index (χ0v) is 16.6. The van der Waals surface area contributed by atoms with Gasteiger partial charge in [0.2, 0.25) is 0 Å². The third-order valence-corrected chi connectivity index (χ3v) is 7.61. The highest BCUT2D eigenvalue weighted by Crippen LogP contribution is 2.32. The molecule has 2 aromatic rings. The van der Waals surface area contributed by atoms with Crippen molar-refractivity contribution >= 4 is 33.1 Å². The number of halogens is 1. The molecule has 0 aliphatic carbocycles. The fourth-order valence-corrected chi connectivity index (χ4v) is 6.79. The van der Waals surface area contributed by atoms with Gasteiger partial charge in [-0.3, -0.25) is 9.48 Å². The van der Waals surface area contributed by atoms with E-state index in [0.29, 0.717) is 16.5 Å². The van der Waals surface area contributed by atoms with Crippen LogP contribution in [0, 0.1) is 18.8 Å². The minimum absolute atomic E-state index is 0.0376. The Bertz CT molecular complexity index is 946. The molecule has 0 spiro atoms. The summed E-state index contributed by atoms with van der Waals surface area (Å²) in [5, 5.41) is 12.8. The number of carbonyl (C=O) groups excluding carboxylic acids is 1. The Kier molecular flexibility index (Phi) is 4.90. The van der Waals surface area contributed by atoms with E-state index >= 15 is 0 Å². The molecule has 8 nitrogen and oxygen atoms in total. The van der Waals surface area contributed by atoms with Crippen molar-refractivity contribution in [1.82, 2.24) is 20.0 Å². The SMILES string of the molecule is Cc1ccc(N2CC3CC(C2)CS(=O)(=NC(=O)Cn2cc(Cl)cn2)C3)nn1. The number of aryl methyl sites for hydroxylation is 1. The molecule has 0 radical (unpaired) electrons. The first-order valence-electron chi connectivity index (χ1n) is 8.87. The van der Waals surface area contributed by atoms with E-state index in [9.17, 15) is 9.00 Å². The van der Waals surface area contributed by atoms with Crippen LogP contribution in [-0.2, 0) is 21.1 Å². The van der Waals surface area contributed by atoms with Crippen LogP contribution in [0.4, 0.5) is 5.82 Å². The monoisotopic (exact) mass is 408 g/mol. The van der Waals surface area contributed by atoms with E-state index in [1.54, 1.807) is 6.20 Å². The number of carbonyl (C=O) groups is 1. The lowest BCUT2D eigenvalue weighted by Gasteiger charge is -2.42. The summed E-state index contributed by atoms with van der Waals surface area (Å²) < 4.78 is 18.7. The zero-order valence-electron chi connectivity index (χ0n) is 15.0. The number of hydrogen-bond donors (Lipinski definition) is 0. The number of anilines is 1. The van der Waals surface area contributed by atoms with Crippen LogP contribution in [0.15, 0.2) is 28.9 Å². The summed E-state index contributed by atoms with van der Waals surface area (Å²) in [6.45, 7) is 3.41. The van der Waals surface area contributed by atoms with Crippen LogP contribution in [-0.4, -0.2) is 54.7 Å². The predicted octanol–water partition coefficient (Wildman–Crippen LogP) is 1.79. The van der Waals surface area contributed by atoms with Gasteiger partial charge in [0.25, 0.3) is 5.91 Å². The molecule has 2 bridgehead atoms. The summed E-state index contributed by atoms with van der Waals surface area (Å²) in [5.74, 6) is 1.82. The molecule has 0 N–H and O–H groups in total. The Balaban J connectivity index is 1.46. The summed E-state index contributed by atoms with van der Waals surface area (Å²) >= 11 is 5.80. The molecule has 2 aliphatic heterocycles. The summed E-state index contributed by atoms with van der Waals surface area (Å²) in [6.07, 6.45) is 4.03. The van der Waals surface area contributed by atoms with Crippen LogP contribution in [0.3, 0.4) is 0 Å². The molecule has 10 heteroatoms. The van der Waals surface area contributed by atoms with Gasteiger partial charge in [-0.2, -0.15) is 14.6 Å². The number of piperidine rings is 1. The molecule has 1 amide bonds. The smallest absolute Gasteiger partial charge is 0.275 e. The fraction of sp³-hybridized carbons (Fsp3) is 0.529. The lowest BCUT2D eigenvalue weighted by molar-refractivity contribution is -0.118. The fourth-order valence-electron chi connectivity index (χ4n) is 3.96. The maximum absolute atomic E-state index is 13.2. The van der Waals surface area contributed by atoms with E-state index in [-0.39, 0.29) is 18.4 Å². The Labute approximate surface area is 163 Å². The van der Waals surface area contributed by atoms with E-state index in [1.165, 1.54) is 10.9 Å². The highest BCUT2D eigenvalue weighted by Gasteiger charge is 2.37. The molecule has 0 aromatic carbocycles. The Morgan fingerprint density at radius 2 is 2.04 bits per heavy atom. The number of rotatable bonds is 3. The van der Waals surface area contributed by atoms with Crippen molar-refractivity contribution in [1.29, 1.82) is 0 Å². The number of hydrogen-bond acceptors (Lipinski definition) is 6. The minimum atomic E-state index is -2.54. The van der Waals surface area contributed by atoms with Gasteiger partial charge in [0.05, 0.1) is 26.6 Å². The van der Waals surface area contributed by atoms with Crippen LogP contribution in [0.2, 0.25) is 5.02 Å². The molecule has 27 heavy (non-hydrogen) atoms. The standard InChI is InChI=1S/C17H21ClN6O2S/c1-12-2-3-16(21-20-12)23-6-13-4-14(7-23)11-27(26,10-13)22-17(25)9-24-8-15(18)5-19-24/h2-3,5,8,13-14H,4,6-7,9-11H2,1H3. The summed E-state index contributed by atoms with van der Waals surface area (Å²) in [6, 6.07) is 3.93. The Hall–Kier alpha value is -2.00. The van der Waals surface area contributed by atoms with Crippen molar-refractivity contribution in [2.45, 2.75) is 19.9 Å². The Morgan fingerprint density at radius 3 is 2.63 bits per heavy atom. The zero-order chi connectivity index (χ0) is 19.0. The van der Waals surface area contributed by atoms with Crippen molar-refractivity contribution < 1.29 is 9.00 Å². The van der Waals surface area contributed by atoms with E-state index in [2.05, 4.69) is 24.6 Å². The maximum Gasteiger partial charge on any atom is 0.275 e. The molecule has 2 aliphatic rings. The highest BCUT2D eigenvalue weighted by molar-refractivity contribution is 7.93. The van der Waals surface area contributed by atoms with Gasteiger partial charge in [0.1, 0.15) is 6.54 Å². The minimum Gasteiger partial charge on any atom is -0.355 e. The molecule has 144 valence electrons. The van der Waals surface area contributed by atoms with Crippen LogP contribution in [0.5, 0.6) is 0 Å². The van der Waals surface area contributed by atoms with Gasteiger partial charge >= 0.3 is 0 Å². The quantitative estimate of drug-likeness (QED) is 0.768. The molecular formula is C17H21ClN6O2S. The number of fused-ring (bicyclic) bond motifs is 2. The molecule has 2 aromatic heterocycles. The van der Waals surface area contributed by atoms with Crippen molar-refractivity contribution in [2.24, 2.45) is 16.2 Å². The van der Waals surface area contributed by atoms with E-state index in [1.807, 2.05) is 19.1 Å². The molecule has 2 unspecified atom stereocenters. The third-order valence-electron chi connectivity index (χ3n) is 4.89.